The van der Waals surface area contributed by atoms with Crippen LogP contribution in [0.2, 0.25) is 0 Å². The molecule has 2 rings (SSSR count). The molecule has 106 valence electrons. The lowest BCUT2D eigenvalue weighted by atomic mass is 10.3. The fourth-order valence-corrected chi connectivity index (χ4v) is 1.64. The maximum absolute atomic E-state index is 13.1. The van der Waals surface area contributed by atoms with Gasteiger partial charge in [0.25, 0.3) is 0 Å². The van der Waals surface area contributed by atoms with Crippen LogP contribution in [0.5, 0.6) is 11.6 Å². The van der Waals surface area contributed by atoms with E-state index in [9.17, 15) is 4.39 Å². The number of hydrogen-bond donors (Lipinski definition) is 1. The van der Waals surface area contributed by atoms with Crippen molar-refractivity contribution in [1.82, 2.24) is 9.97 Å². The van der Waals surface area contributed by atoms with Gasteiger partial charge in [-0.05, 0) is 19.1 Å². The van der Waals surface area contributed by atoms with Gasteiger partial charge in [0, 0.05) is 25.8 Å². The largest absolute Gasteiger partial charge is 0.439 e. The van der Waals surface area contributed by atoms with Crippen molar-refractivity contribution in [2.24, 2.45) is 0 Å². The molecule has 0 spiro atoms. The van der Waals surface area contributed by atoms with Crippen LogP contribution < -0.4 is 10.1 Å². The van der Waals surface area contributed by atoms with E-state index in [1.54, 1.807) is 25.3 Å². The third-order valence-corrected chi connectivity index (χ3v) is 2.40. The number of aromatic nitrogens is 2. The van der Waals surface area contributed by atoms with Gasteiger partial charge in [-0.2, -0.15) is 4.98 Å². The molecule has 1 aromatic carbocycles. The molecule has 0 radical (unpaired) electrons. The first kappa shape index (κ1) is 14.2. The molecule has 6 heteroatoms. The Morgan fingerprint density at radius 3 is 2.80 bits per heavy atom. The zero-order valence-corrected chi connectivity index (χ0v) is 11.4. The van der Waals surface area contributed by atoms with E-state index in [0.717, 1.165) is 6.54 Å². The second-order valence-corrected chi connectivity index (χ2v) is 4.03. The number of nitrogens with one attached hydrogen (secondary N) is 1. The number of anilines is 1. The summed E-state index contributed by atoms with van der Waals surface area (Å²) >= 11 is 0. The van der Waals surface area contributed by atoms with Crippen LogP contribution in [0.4, 0.5) is 10.2 Å². The van der Waals surface area contributed by atoms with E-state index >= 15 is 0 Å². The molecule has 0 aliphatic rings. The minimum Gasteiger partial charge on any atom is -0.439 e. The SMILES string of the molecule is CCNc1cc(Oc2cccc(F)c2)nc(COC)n1. The van der Waals surface area contributed by atoms with E-state index in [-0.39, 0.29) is 12.4 Å². The van der Waals surface area contributed by atoms with Crippen LogP contribution in [-0.2, 0) is 11.3 Å². The number of benzene rings is 1. The first-order valence-corrected chi connectivity index (χ1v) is 6.25. The van der Waals surface area contributed by atoms with Gasteiger partial charge in [-0.1, -0.05) is 6.07 Å². The average Bonchev–Trinajstić information content (AvgIpc) is 2.39. The quantitative estimate of drug-likeness (QED) is 0.879. The molecule has 1 N–H and O–H groups in total. The molecule has 0 saturated carbocycles. The molecule has 0 saturated heterocycles. The Morgan fingerprint density at radius 1 is 1.25 bits per heavy atom. The number of nitrogens with zero attached hydrogens (tertiary/aromatic N) is 2. The third-order valence-electron chi connectivity index (χ3n) is 2.40. The van der Waals surface area contributed by atoms with Crippen LogP contribution in [0.15, 0.2) is 30.3 Å². The lowest BCUT2D eigenvalue weighted by molar-refractivity contribution is 0.177. The highest BCUT2D eigenvalue weighted by Gasteiger charge is 2.07. The van der Waals surface area contributed by atoms with Gasteiger partial charge < -0.3 is 14.8 Å². The van der Waals surface area contributed by atoms with Gasteiger partial charge in [-0.15, -0.1) is 0 Å². The van der Waals surface area contributed by atoms with Crippen LogP contribution in [-0.4, -0.2) is 23.6 Å². The highest BCUT2D eigenvalue weighted by atomic mass is 19.1. The van der Waals surface area contributed by atoms with E-state index < -0.39 is 0 Å². The van der Waals surface area contributed by atoms with Crippen molar-refractivity contribution in [2.45, 2.75) is 13.5 Å². The maximum Gasteiger partial charge on any atom is 0.224 e. The van der Waals surface area contributed by atoms with Gasteiger partial charge in [0.2, 0.25) is 5.88 Å². The fourth-order valence-electron chi connectivity index (χ4n) is 1.64. The Kier molecular flexibility index (Phi) is 4.84. The second kappa shape index (κ2) is 6.81. The Labute approximate surface area is 116 Å². The van der Waals surface area contributed by atoms with Crippen LogP contribution in [0.1, 0.15) is 12.7 Å². The molecular weight excluding hydrogens is 261 g/mol. The molecule has 5 nitrogen and oxygen atoms in total. The predicted molar refractivity (Wildman–Crippen MR) is 73.4 cm³/mol. The van der Waals surface area contributed by atoms with Crippen LogP contribution in [0.3, 0.4) is 0 Å². The van der Waals surface area contributed by atoms with Gasteiger partial charge in [-0.25, -0.2) is 9.37 Å². The second-order valence-electron chi connectivity index (χ2n) is 4.03. The number of hydrogen-bond acceptors (Lipinski definition) is 5. The first-order chi connectivity index (χ1) is 9.71. The zero-order chi connectivity index (χ0) is 14.4. The molecule has 0 fully saturated rings. The first-order valence-electron chi connectivity index (χ1n) is 6.25. The maximum atomic E-state index is 13.1. The van der Waals surface area contributed by atoms with Crippen molar-refractivity contribution >= 4 is 5.82 Å². The molecular formula is C14H16FN3O2. The summed E-state index contributed by atoms with van der Waals surface area (Å²) in [6.07, 6.45) is 0. The van der Waals surface area contributed by atoms with E-state index in [2.05, 4.69) is 15.3 Å². The molecule has 0 bridgehead atoms. The number of methoxy groups -OCH3 is 1. The summed E-state index contributed by atoms with van der Waals surface area (Å²) in [7, 11) is 1.57. The van der Waals surface area contributed by atoms with Crippen LogP contribution >= 0.6 is 0 Å². The summed E-state index contributed by atoms with van der Waals surface area (Å²) in [5.41, 5.74) is 0. The van der Waals surface area contributed by atoms with Gasteiger partial charge in [-0.3, -0.25) is 0 Å². The van der Waals surface area contributed by atoms with Gasteiger partial charge >= 0.3 is 0 Å². The standard InChI is InChI=1S/C14H16FN3O2/c1-3-16-12-8-14(18-13(17-12)9-19-2)20-11-6-4-5-10(15)7-11/h4-8H,3,9H2,1-2H3,(H,16,17,18). The minimum atomic E-state index is -0.361. The summed E-state index contributed by atoms with van der Waals surface area (Å²) in [4.78, 5) is 8.48. The molecule has 0 unspecified atom stereocenters. The molecule has 1 heterocycles. The van der Waals surface area contributed by atoms with Crippen molar-refractivity contribution < 1.29 is 13.9 Å². The fraction of sp³-hybridized carbons (Fsp3) is 0.286. The third kappa shape index (κ3) is 3.89. The molecule has 1 aromatic heterocycles. The van der Waals surface area contributed by atoms with Crippen molar-refractivity contribution in [1.29, 1.82) is 0 Å². The van der Waals surface area contributed by atoms with Crippen molar-refractivity contribution in [3.8, 4) is 11.6 Å². The Morgan fingerprint density at radius 2 is 2.10 bits per heavy atom. The monoisotopic (exact) mass is 277 g/mol. The van der Waals surface area contributed by atoms with E-state index in [4.69, 9.17) is 9.47 Å². The topological polar surface area (TPSA) is 56.3 Å². The van der Waals surface area contributed by atoms with E-state index in [0.29, 0.717) is 23.3 Å². The molecule has 20 heavy (non-hydrogen) atoms. The molecule has 2 aromatic rings. The minimum absolute atomic E-state index is 0.277. The summed E-state index contributed by atoms with van der Waals surface area (Å²) in [5.74, 6) is 1.50. The number of halogens is 1. The molecule has 0 aliphatic heterocycles. The predicted octanol–water partition coefficient (Wildman–Crippen LogP) is 2.99. The molecule has 0 atom stereocenters. The van der Waals surface area contributed by atoms with Crippen LogP contribution in [0.25, 0.3) is 0 Å². The summed E-state index contributed by atoms with van der Waals surface area (Å²) in [5, 5.41) is 3.08. The summed E-state index contributed by atoms with van der Waals surface area (Å²) < 4.78 is 23.7. The lowest BCUT2D eigenvalue weighted by Gasteiger charge is -2.09. The van der Waals surface area contributed by atoms with E-state index in [1.807, 2.05) is 6.92 Å². The lowest BCUT2D eigenvalue weighted by Crippen LogP contribution is -2.05. The van der Waals surface area contributed by atoms with Crippen molar-refractivity contribution in [2.75, 3.05) is 19.0 Å². The van der Waals surface area contributed by atoms with Crippen molar-refractivity contribution in [3.63, 3.8) is 0 Å². The highest BCUT2D eigenvalue weighted by Crippen LogP contribution is 2.22. The van der Waals surface area contributed by atoms with Gasteiger partial charge in [0.1, 0.15) is 24.0 Å². The highest BCUT2D eigenvalue weighted by molar-refractivity contribution is 5.40. The average molecular weight is 277 g/mol. The van der Waals surface area contributed by atoms with Gasteiger partial charge in [0.15, 0.2) is 5.82 Å². The molecule has 0 amide bonds. The zero-order valence-electron chi connectivity index (χ0n) is 11.4. The smallest absolute Gasteiger partial charge is 0.224 e. The number of ether oxygens (including phenoxy) is 2. The Bertz CT molecular complexity index is 554. The van der Waals surface area contributed by atoms with Crippen molar-refractivity contribution in [3.05, 3.63) is 42.0 Å². The summed E-state index contributed by atoms with van der Waals surface area (Å²) in [6.45, 7) is 2.97. The normalized spacial score (nSPS) is 10.3. The number of rotatable bonds is 6. The van der Waals surface area contributed by atoms with Crippen LogP contribution in [0, 0.1) is 5.82 Å². The molecule has 0 aliphatic carbocycles. The van der Waals surface area contributed by atoms with Gasteiger partial charge in [0.05, 0.1) is 0 Å². The Balaban J connectivity index is 2.25. The van der Waals surface area contributed by atoms with E-state index in [1.165, 1.54) is 12.1 Å². The Hall–Kier alpha value is -2.21. The summed E-state index contributed by atoms with van der Waals surface area (Å²) in [6, 6.07) is 7.55.